The number of aromatic nitrogens is 2. The second-order valence-electron chi connectivity index (χ2n) is 6.42. The van der Waals surface area contributed by atoms with Crippen LogP contribution in [0.5, 0.6) is 0 Å². The first kappa shape index (κ1) is 18.2. The van der Waals surface area contributed by atoms with E-state index in [0.717, 1.165) is 33.4 Å². The van der Waals surface area contributed by atoms with E-state index in [4.69, 9.17) is 0 Å². The van der Waals surface area contributed by atoms with Crippen LogP contribution >= 0.6 is 0 Å². The summed E-state index contributed by atoms with van der Waals surface area (Å²) in [7, 11) is 1.81. The Labute approximate surface area is 150 Å². The number of alkyl halides is 3. The summed E-state index contributed by atoms with van der Waals surface area (Å²) < 4.78 is 36.8. The van der Waals surface area contributed by atoms with Crippen molar-refractivity contribution in [2.75, 3.05) is 12.4 Å². The minimum Gasteiger partial charge on any atom is -0.384 e. The lowest BCUT2D eigenvalue weighted by Gasteiger charge is -2.22. The molecule has 1 atom stereocenters. The number of hydrogen-bond donors (Lipinski definition) is 2. The quantitative estimate of drug-likeness (QED) is 0.812. The van der Waals surface area contributed by atoms with Gasteiger partial charge in [-0.05, 0) is 37.5 Å². The number of rotatable bonds is 5. The number of pyridine rings is 2. The Hall–Kier alpha value is -2.57. The molecule has 0 aliphatic carbocycles. The van der Waals surface area contributed by atoms with Gasteiger partial charge in [-0.15, -0.1) is 0 Å². The van der Waals surface area contributed by atoms with Crippen LogP contribution in [0.25, 0.3) is 16.3 Å². The van der Waals surface area contributed by atoms with Gasteiger partial charge in [-0.1, -0.05) is 6.08 Å². The lowest BCUT2D eigenvalue weighted by atomic mass is 9.96. The number of nitrogens with one attached hydrogen (secondary N) is 2. The van der Waals surface area contributed by atoms with E-state index in [9.17, 15) is 13.2 Å². The van der Waals surface area contributed by atoms with Crippen LogP contribution < -0.4 is 10.6 Å². The van der Waals surface area contributed by atoms with Crippen molar-refractivity contribution in [2.24, 2.45) is 0 Å². The van der Waals surface area contributed by atoms with E-state index in [-0.39, 0.29) is 12.5 Å². The highest BCUT2D eigenvalue weighted by atomic mass is 19.4. The van der Waals surface area contributed by atoms with E-state index in [1.54, 1.807) is 12.4 Å². The zero-order valence-electron chi connectivity index (χ0n) is 14.7. The molecule has 1 aliphatic heterocycles. The fourth-order valence-corrected chi connectivity index (χ4v) is 3.03. The third-order valence-electron chi connectivity index (χ3n) is 4.43. The molecule has 0 fully saturated rings. The molecule has 4 nitrogen and oxygen atoms in total. The monoisotopic (exact) mass is 362 g/mol. The van der Waals surface area contributed by atoms with E-state index in [1.165, 1.54) is 0 Å². The van der Waals surface area contributed by atoms with Gasteiger partial charge >= 0.3 is 6.18 Å². The van der Waals surface area contributed by atoms with Gasteiger partial charge in [-0.2, -0.15) is 13.2 Å². The van der Waals surface area contributed by atoms with Gasteiger partial charge in [-0.25, -0.2) is 4.98 Å². The van der Waals surface area contributed by atoms with Gasteiger partial charge in [-0.3, -0.25) is 4.98 Å². The number of fused-ring (bicyclic) bond motifs is 1. The number of anilines is 1. The molecule has 2 N–H and O–H groups in total. The second kappa shape index (κ2) is 7.35. The molecule has 138 valence electrons. The van der Waals surface area contributed by atoms with Gasteiger partial charge in [0.1, 0.15) is 5.82 Å². The third-order valence-corrected chi connectivity index (χ3v) is 4.43. The van der Waals surface area contributed by atoms with Crippen LogP contribution in [0.4, 0.5) is 19.0 Å². The topological polar surface area (TPSA) is 49.8 Å². The molecule has 0 saturated carbocycles. The van der Waals surface area contributed by atoms with E-state index in [1.807, 2.05) is 38.4 Å². The summed E-state index contributed by atoms with van der Waals surface area (Å²) in [5.41, 5.74) is 2.76. The summed E-state index contributed by atoms with van der Waals surface area (Å²) in [6.07, 6.45) is 3.13. The van der Waals surface area contributed by atoms with Crippen molar-refractivity contribution in [1.29, 1.82) is 0 Å². The zero-order valence-corrected chi connectivity index (χ0v) is 14.7. The normalized spacial score (nSPS) is 17.5. The van der Waals surface area contributed by atoms with Gasteiger partial charge in [0.15, 0.2) is 0 Å². The molecule has 2 aromatic rings. The highest BCUT2D eigenvalue weighted by Crippen LogP contribution is 2.28. The average Bonchev–Trinajstić information content (AvgIpc) is 2.60. The summed E-state index contributed by atoms with van der Waals surface area (Å²) in [5, 5.41) is 8.15. The molecule has 0 radical (unpaired) electrons. The van der Waals surface area contributed by atoms with E-state index in [2.05, 4.69) is 20.6 Å². The van der Waals surface area contributed by atoms with Gasteiger partial charge in [0, 0.05) is 54.4 Å². The number of hydrogen-bond acceptors (Lipinski definition) is 4. The number of halogens is 3. The zero-order chi connectivity index (χ0) is 18.7. The summed E-state index contributed by atoms with van der Waals surface area (Å²) in [4.78, 5) is 8.84. The molecular formula is C19H21F3N4. The second-order valence-corrected chi connectivity index (χ2v) is 6.42. The molecule has 3 heterocycles. The minimum atomic E-state index is -4.09. The first-order valence-electron chi connectivity index (χ1n) is 8.51. The molecule has 0 spiro atoms. The van der Waals surface area contributed by atoms with E-state index >= 15 is 0 Å². The molecule has 0 bridgehead atoms. The number of nitrogens with zero attached hydrogens (tertiary/aromatic N) is 2. The van der Waals surface area contributed by atoms with Crippen LogP contribution in [0.15, 0.2) is 42.4 Å². The minimum absolute atomic E-state index is 0.0820. The first-order chi connectivity index (χ1) is 12.4. The van der Waals surface area contributed by atoms with Crippen molar-refractivity contribution in [3.63, 3.8) is 0 Å². The summed E-state index contributed by atoms with van der Waals surface area (Å²) in [6, 6.07) is 3.82. The predicted octanol–water partition coefficient (Wildman–Crippen LogP) is 4.66. The highest BCUT2D eigenvalue weighted by molar-refractivity contribution is 5.88. The Morgan fingerprint density at radius 1 is 1.15 bits per heavy atom. The Morgan fingerprint density at radius 3 is 2.58 bits per heavy atom. The molecule has 1 unspecified atom stereocenters. The standard InChI is InChI=1S/C19H21F3N4/c1-12-6-15(4-3-5-19(20,21)22)24-11-16(12)17-7-13-10-26-18(23-2)8-14(13)9-25-17/h6-11,15,24H,3-5H2,1-2H3,(H,23,26). The molecule has 0 aromatic carbocycles. The van der Waals surface area contributed by atoms with Gasteiger partial charge in [0.25, 0.3) is 0 Å². The molecule has 0 saturated heterocycles. The molecule has 3 rings (SSSR count). The smallest absolute Gasteiger partial charge is 0.384 e. The van der Waals surface area contributed by atoms with E-state index < -0.39 is 12.6 Å². The van der Waals surface area contributed by atoms with E-state index in [0.29, 0.717) is 6.42 Å². The van der Waals surface area contributed by atoms with Crippen LogP contribution in [-0.2, 0) is 0 Å². The van der Waals surface area contributed by atoms with Gasteiger partial charge < -0.3 is 10.6 Å². The maximum atomic E-state index is 12.3. The van der Waals surface area contributed by atoms with Crippen LogP contribution in [0.3, 0.4) is 0 Å². The average molecular weight is 362 g/mol. The van der Waals surface area contributed by atoms with Crippen LogP contribution in [0.1, 0.15) is 31.9 Å². The Morgan fingerprint density at radius 2 is 1.88 bits per heavy atom. The van der Waals surface area contributed by atoms with Crippen molar-refractivity contribution in [3.8, 4) is 0 Å². The fraction of sp³-hybridized carbons (Fsp3) is 0.368. The fourth-order valence-electron chi connectivity index (χ4n) is 3.03. The van der Waals surface area contributed by atoms with Crippen molar-refractivity contribution in [1.82, 2.24) is 15.3 Å². The van der Waals surface area contributed by atoms with Crippen LogP contribution in [-0.4, -0.2) is 29.2 Å². The molecule has 0 amide bonds. The lowest BCUT2D eigenvalue weighted by molar-refractivity contribution is -0.135. The summed E-state index contributed by atoms with van der Waals surface area (Å²) in [6.45, 7) is 1.96. The maximum Gasteiger partial charge on any atom is 0.389 e. The molecule has 1 aliphatic rings. The van der Waals surface area contributed by atoms with Crippen molar-refractivity contribution >= 4 is 22.2 Å². The van der Waals surface area contributed by atoms with Crippen LogP contribution in [0.2, 0.25) is 0 Å². The summed E-state index contributed by atoms with van der Waals surface area (Å²) in [5.74, 6) is 0.781. The third kappa shape index (κ3) is 4.33. The Kier molecular flexibility index (Phi) is 5.15. The summed E-state index contributed by atoms with van der Waals surface area (Å²) >= 11 is 0. The van der Waals surface area contributed by atoms with Crippen molar-refractivity contribution < 1.29 is 13.2 Å². The van der Waals surface area contributed by atoms with Crippen molar-refractivity contribution in [3.05, 3.63) is 48.1 Å². The highest BCUT2D eigenvalue weighted by Gasteiger charge is 2.26. The molecule has 2 aromatic heterocycles. The number of allylic oxidation sites excluding steroid dienone is 2. The SMILES string of the molecule is CNc1cc2cnc(C3=CNC(CCCC(F)(F)F)C=C3C)cc2cn1. The molecular weight excluding hydrogens is 341 g/mol. The van der Waals surface area contributed by atoms with Crippen LogP contribution in [0, 0.1) is 0 Å². The largest absolute Gasteiger partial charge is 0.389 e. The van der Waals surface area contributed by atoms with Gasteiger partial charge in [0.2, 0.25) is 0 Å². The lowest BCUT2D eigenvalue weighted by Crippen LogP contribution is -2.26. The van der Waals surface area contributed by atoms with Crippen molar-refractivity contribution in [2.45, 2.75) is 38.4 Å². The van der Waals surface area contributed by atoms with Gasteiger partial charge in [0.05, 0.1) is 5.69 Å². The first-order valence-corrected chi connectivity index (χ1v) is 8.51. The Balaban J connectivity index is 1.72. The molecule has 26 heavy (non-hydrogen) atoms. The molecule has 7 heteroatoms. The predicted molar refractivity (Wildman–Crippen MR) is 97.6 cm³/mol. The number of dihydropyridines is 1. The Bertz CT molecular complexity index is 855. The maximum absolute atomic E-state index is 12.3.